The van der Waals surface area contributed by atoms with Gasteiger partial charge in [0.05, 0.1) is 5.41 Å². The fourth-order valence-corrected chi connectivity index (χ4v) is 5.96. The monoisotopic (exact) mass is 428 g/mol. The molecule has 27 heavy (non-hydrogen) atoms. The van der Waals surface area contributed by atoms with E-state index in [0.717, 1.165) is 9.50 Å². The molecule has 0 N–H and O–H groups in total. The van der Waals surface area contributed by atoms with E-state index in [1.54, 1.807) is 0 Å². The fourth-order valence-electron chi connectivity index (χ4n) is 5.12. The predicted molar refractivity (Wildman–Crippen MR) is 115 cm³/mol. The lowest BCUT2D eigenvalue weighted by Crippen LogP contribution is -2.26. The van der Waals surface area contributed by atoms with Crippen LogP contribution in [0.3, 0.4) is 0 Å². The summed E-state index contributed by atoms with van der Waals surface area (Å²) in [6.45, 7) is 0. The van der Waals surface area contributed by atoms with Gasteiger partial charge in [-0.15, -0.1) is 0 Å². The van der Waals surface area contributed by atoms with Gasteiger partial charge in [-0.1, -0.05) is 94.3 Å². The Hall–Kier alpha value is -2.35. The van der Waals surface area contributed by atoms with Gasteiger partial charge >= 0.3 is 0 Å². The first-order valence-electron chi connectivity index (χ1n) is 9.01. The average Bonchev–Trinajstić information content (AvgIpc) is 3.15. The molecule has 4 aromatic carbocycles. The Morgan fingerprint density at radius 3 is 1.89 bits per heavy atom. The van der Waals surface area contributed by atoms with Gasteiger partial charge in [-0.3, -0.25) is 0 Å². The lowest BCUT2D eigenvalue weighted by Gasteiger charge is -2.31. The molecule has 2 heteroatoms. The van der Waals surface area contributed by atoms with E-state index in [1.165, 1.54) is 44.5 Å². The van der Waals surface area contributed by atoms with Crippen molar-refractivity contribution in [1.82, 2.24) is 0 Å². The minimum atomic E-state index is -0.331. The van der Waals surface area contributed by atoms with Crippen LogP contribution in [0.4, 0.5) is 0 Å². The van der Waals surface area contributed by atoms with E-state index in [1.807, 2.05) is 6.07 Å². The highest BCUT2D eigenvalue weighted by molar-refractivity contribution is 9.10. The van der Waals surface area contributed by atoms with Gasteiger partial charge < -0.3 is 0 Å². The van der Waals surface area contributed by atoms with Crippen LogP contribution in [-0.2, 0) is 5.41 Å². The summed E-state index contributed by atoms with van der Waals surface area (Å²) in [5.41, 5.74) is 10.1. The Morgan fingerprint density at radius 2 is 1.19 bits per heavy atom. The van der Waals surface area contributed by atoms with Gasteiger partial charge in [-0.05, 0) is 62.7 Å². The van der Waals surface area contributed by atoms with Crippen LogP contribution >= 0.6 is 27.5 Å². The molecule has 0 aromatic heterocycles. The summed E-state index contributed by atoms with van der Waals surface area (Å²) in [6, 6.07) is 30.4. The maximum atomic E-state index is 6.51. The summed E-state index contributed by atoms with van der Waals surface area (Å²) in [7, 11) is 0. The van der Waals surface area contributed by atoms with Gasteiger partial charge in [0.25, 0.3) is 0 Å². The van der Waals surface area contributed by atoms with Crippen molar-refractivity contribution < 1.29 is 0 Å². The van der Waals surface area contributed by atoms with Crippen LogP contribution in [0.25, 0.3) is 22.3 Å². The predicted octanol–water partition coefficient (Wildman–Crippen LogP) is 7.45. The van der Waals surface area contributed by atoms with Crippen molar-refractivity contribution >= 4 is 27.5 Å². The number of hydrogen-bond acceptors (Lipinski definition) is 0. The van der Waals surface area contributed by atoms with Gasteiger partial charge in [0, 0.05) is 9.50 Å². The summed E-state index contributed by atoms with van der Waals surface area (Å²) < 4.78 is 1.14. The molecule has 0 heterocycles. The Kier molecular flexibility index (Phi) is 3.10. The molecule has 2 aliphatic carbocycles. The fraction of sp³-hybridized carbons (Fsp3) is 0.0400. The third kappa shape index (κ3) is 1.79. The summed E-state index contributed by atoms with van der Waals surface area (Å²) in [6.07, 6.45) is 0. The lowest BCUT2D eigenvalue weighted by molar-refractivity contribution is 0.789. The van der Waals surface area contributed by atoms with Crippen molar-refractivity contribution in [3.63, 3.8) is 0 Å². The molecular formula is C25H14BrCl. The number of benzene rings is 4. The van der Waals surface area contributed by atoms with E-state index in [0.29, 0.717) is 0 Å². The zero-order valence-electron chi connectivity index (χ0n) is 14.3. The molecule has 0 saturated carbocycles. The normalized spacial score (nSPS) is 14.6. The Labute approximate surface area is 171 Å². The average molecular weight is 430 g/mol. The molecule has 0 aliphatic heterocycles. The van der Waals surface area contributed by atoms with Crippen molar-refractivity contribution in [2.45, 2.75) is 5.41 Å². The highest BCUT2D eigenvalue weighted by atomic mass is 79.9. The second-order valence-corrected chi connectivity index (χ2v) is 8.48. The van der Waals surface area contributed by atoms with E-state index >= 15 is 0 Å². The summed E-state index contributed by atoms with van der Waals surface area (Å²) in [5, 5.41) is 0.777. The molecule has 2 aliphatic rings. The molecule has 0 radical (unpaired) electrons. The molecule has 0 saturated heterocycles. The largest absolute Gasteiger partial charge is 0.0843 e. The van der Waals surface area contributed by atoms with Crippen LogP contribution in [-0.4, -0.2) is 0 Å². The molecule has 4 aromatic rings. The standard InChI is InChI=1S/C25H14BrCl/c26-23-11-5-8-19-18-13-12-15(27)14-22(18)25(24(19)23)20-9-3-1-6-16(20)17-7-2-4-10-21(17)25/h1-14H. The zero-order valence-corrected chi connectivity index (χ0v) is 16.7. The van der Waals surface area contributed by atoms with Crippen molar-refractivity contribution in [1.29, 1.82) is 0 Å². The quantitative estimate of drug-likeness (QED) is 0.235. The first kappa shape index (κ1) is 15.7. The minimum absolute atomic E-state index is 0.331. The van der Waals surface area contributed by atoms with Gasteiger partial charge in [0.1, 0.15) is 0 Å². The minimum Gasteiger partial charge on any atom is -0.0843 e. The highest BCUT2D eigenvalue weighted by Crippen LogP contribution is 2.64. The number of halogens is 2. The summed E-state index contributed by atoms with van der Waals surface area (Å²) in [4.78, 5) is 0. The first-order chi connectivity index (χ1) is 13.2. The Bertz CT molecular complexity index is 1210. The molecule has 0 atom stereocenters. The Morgan fingerprint density at radius 1 is 0.593 bits per heavy atom. The third-order valence-corrected chi connectivity index (χ3v) is 6.91. The van der Waals surface area contributed by atoms with E-state index in [9.17, 15) is 0 Å². The van der Waals surface area contributed by atoms with Gasteiger partial charge in [-0.2, -0.15) is 0 Å². The van der Waals surface area contributed by atoms with Crippen LogP contribution in [0, 0.1) is 0 Å². The molecule has 1 spiro atoms. The zero-order chi connectivity index (χ0) is 18.2. The van der Waals surface area contributed by atoms with Crippen LogP contribution in [0.15, 0.2) is 89.4 Å². The van der Waals surface area contributed by atoms with Crippen LogP contribution in [0.1, 0.15) is 22.3 Å². The van der Waals surface area contributed by atoms with E-state index in [-0.39, 0.29) is 5.41 Å². The summed E-state index contributed by atoms with van der Waals surface area (Å²) >= 11 is 10.4. The van der Waals surface area contributed by atoms with E-state index < -0.39 is 0 Å². The molecule has 0 unspecified atom stereocenters. The molecule has 0 amide bonds. The van der Waals surface area contributed by atoms with Gasteiger partial charge in [0.15, 0.2) is 0 Å². The molecule has 0 nitrogen and oxygen atoms in total. The SMILES string of the molecule is Clc1ccc2c(c1)C1(c3ccccc3-c3ccccc31)c1c(Br)cccc1-2. The molecular weight excluding hydrogens is 416 g/mol. The molecule has 0 bridgehead atoms. The first-order valence-corrected chi connectivity index (χ1v) is 10.2. The highest BCUT2D eigenvalue weighted by Gasteiger charge is 2.52. The second-order valence-electron chi connectivity index (χ2n) is 7.19. The number of fused-ring (bicyclic) bond motifs is 10. The van der Waals surface area contributed by atoms with Crippen molar-refractivity contribution in [3.05, 3.63) is 117 Å². The van der Waals surface area contributed by atoms with Gasteiger partial charge in [-0.25, -0.2) is 0 Å². The second kappa shape index (κ2) is 5.34. The topological polar surface area (TPSA) is 0 Å². The number of hydrogen-bond donors (Lipinski definition) is 0. The van der Waals surface area contributed by atoms with Crippen molar-refractivity contribution in [2.24, 2.45) is 0 Å². The maximum absolute atomic E-state index is 6.51. The maximum Gasteiger partial charge on any atom is 0.0737 e. The molecule has 6 rings (SSSR count). The smallest absolute Gasteiger partial charge is 0.0737 e. The van der Waals surface area contributed by atoms with Crippen LogP contribution < -0.4 is 0 Å². The molecule has 0 fully saturated rings. The molecule has 128 valence electrons. The summed E-state index contributed by atoms with van der Waals surface area (Å²) in [5.74, 6) is 0. The van der Waals surface area contributed by atoms with Gasteiger partial charge in [0.2, 0.25) is 0 Å². The van der Waals surface area contributed by atoms with E-state index in [4.69, 9.17) is 11.6 Å². The number of rotatable bonds is 0. The van der Waals surface area contributed by atoms with Crippen LogP contribution in [0.5, 0.6) is 0 Å². The lowest BCUT2D eigenvalue weighted by atomic mass is 9.70. The Balaban J connectivity index is 1.90. The third-order valence-electron chi connectivity index (χ3n) is 6.02. The van der Waals surface area contributed by atoms with Crippen molar-refractivity contribution in [3.8, 4) is 22.3 Å². The van der Waals surface area contributed by atoms with Crippen LogP contribution in [0.2, 0.25) is 5.02 Å². The van der Waals surface area contributed by atoms with Crippen molar-refractivity contribution in [2.75, 3.05) is 0 Å². The van der Waals surface area contributed by atoms with E-state index in [2.05, 4.69) is 94.8 Å².